The lowest BCUT2D eigenvalue weighted by Crippen LogP contribution is -2.10. The first-order valence-electron chi connectivity index (χ1n) is 4.99. The summed E-state index contributed by atoms with van der Waals surface area (Å²) in [5.74, 6) is 0. The molecule has 1 aromatic heterocycles. The van der Waals surface area contributed by atoms with Crippen LogP contribution in [0.1, 0.15) is 5.56 Å². The van der Waals surface area contributed by atoms with Gasteiger partial charge >= 0.3 is 0 Å². The molecule has 0 saturated heterocycles. The third-order valence-electron chi connectivity index (χ3n) is 2.21. The fraction of sp³-hybridized carbons (Fsp3) is 0.167. The average Bonchev–Trinajstić information content (AvgIpc) is 2.78. The Morgan fingerprint density at radius 1 is 1.50 bits per heavy atom. The molecule has 0 spiro atoms. The van der Waals surface area contributed by atoms with Gasteiger partial charge in [-0.2, -0.15) is 10.4 Å². The molecule has 0 fully saturated rings. The molecule has 79 valence electrons. The molecule has 0 bridgehead atoms. The lowest BCUT2D eigenvalue weighted by molar-refractivity contribution is 0.623. The van der Waals surface area contributed by atoms with Gasteiger partial charge in [0, 0.05) is 12.1 Å². The monoisotopic (exact) mass is 211 g/mol. The second kappa shape index (κ2) is 4.60. The van der Waals surface area contributed by atoms with Crippen LogP contribution in [0.25, 0.3) is 11.3 Å². The van der Waals surface area contributed by atoms with E-state index in [1.807, 2.05) is 18.2 Å². The lowest BCUT2D eigenvalue weighted by atomic mass is 10.1. The van der Waals surface area contributed by atoms with Crippen LogP contribution in [-0.2, 0) is 6.54 Å². The number of nitrogens with two attached hydrogens (primary N) is 1. The topological polar surface area (TPSA) is 67.6 Å². The molecule has 16 heavy (non-hydrogen) atoms. The smallest absolute Gasteiger partial charge is 0.0991 e. The highest BCUT2D eigenvalue weighted by Crippen LogP contribution is 2.17. The second-order valence-electron chi connectivity index (χ2n) is 3.36. The molecule has 1 heterocycles. The predicted octanol–water partition coefficient (Wildman–Crippen LogP) is 1.18. The summed E-state index contributed by atoms with van der Waals surface area (Å²) >= 11 is 0. The van der Waals surface area contributed by atoms with Crippen LogP contribution in [0.15, 0.2) is 30.3 Å². The predicted molar refractivity (Wildman–Crippen MR) is 60.3 cm³/mol. The molecule has 2 N–H and O–H groups in total. The Bertz CT molecular complexity index is 522. The van der Waals surface area contributed by atoms with Crippen LogP contribution < -0.4 is 5.73 Å². The highest BCUT2D eigenvalue weighted by atomic mass is 15.3. The van der Waals surface area contributed by atoms with Crippen LogP contribution in [0.4, 0.5) is 0 Å². The summed E-state index contributed by atoms with van der Waals surface area (Å²) in [5.41, 5.74) is 7.79. The van der Waals surface area contributed by atoms with Crippen LogP contribution in [0, 0.1) is 17.5 Å². The molecule has 4 heteroatoms. The van der Waals surface area contributed by atoms with Crippen molar-refractivity contribution < 1.29 is 0 Å². The van der Waals surface area contributed by atoms with Gasteiger partial charge in [-0.3, -0.25) is 4.68 Å². The zero-order chi connectivity index (χ0) is 11.4. The maximum Gasteiger partial charge on any atom is 0.0991 e. The van der Waals surface area contributed by atoms with Crippen molar-refractivity contribution in [1.82, 2.24) is 9.78 Å². The Hall–Kier alpha value is -2.12. The Morgan fingerprint density at radius 3 is 3.12 bits per heavy atom. The van der Waals surface area contributed by atoms with Gasteiger partial charge in [0.2, 0.25) is 0 Å². The van der Waals surface area contributed by atoms with Crippen LogP contribution in [0.2, 0.25) is 0 Å². The second-order valence-corrected chi connectivity index (χ2v) is 3.36. The van der Waals surface area contributed by atoms with E-state index < -0.39 is 0 Å². The number of aromatic nitrogens is 2. The van der Waals surface area contributed by atoms with Gasteiger partial charge in [-0.15, -0.1) is 0 Å². The fourth-order valence-electron chi connectivity index (χ4n) is 1.45. The van der Waals surface area contributed by atoms with Crippen molar-refractivity contribution in [2.24, 2.45) is 5.73 Å². The Morgan fingerprint density at radius 2 is 2.38 bits per heavy atom. The molecule has 1 aromatic carbocycles. The van der Waals surface area contributed by atoms with Gasteiger partial charge in [-0.1, -0.05) is 12.1 Å². The van der Waals surface area contributed by atoms with Crippen molar-refractivity contribution in [2.75, 3.05) is 6.54 Å². The quantitative estimate of drug-likeness (QED) is 0.828. The minimum atomic E-state index is 0.538. The first kappa shape index (κ1) is 10.4. The molecule has 0 aliphatic rings. The van der Waals surface area contributed by atoms with Gasteiger partial charge < -0.3 is 5.73 Å². The van der Waals surface area contributed by atoms with Crippen molar-refractivity contribution in [2.45, 2.75) is 6.54 Å². The van der Waals surface area contributed by atoms with Crippen molar-refractivity contribution in [1.29, 1.82) is 5.26 Å². The van der Waals surface area contributed by atoms with E-state index in [9.17, 15) is 0 Å². The van der Waals surface area contributed by atoms with E-state index in [1.165, 1.54) is 0 Å². The minimum Gasteiger partial charge on any atom is -0.329 e. The van der Waals surface area contributed by atoms with Gasteiger partial charge in [0.05, 0.1) is 30.1 Å². The molecule has 2 rings (SSSR count). The third kappa shape index (κ3) is 2.10. The summed E-state index contributed by atoms with van der Waals surface area (Å²) in [4.78, 5) is 0. The fourth-order valence-corrected chi connectivity index (χ4v) is 1.45. The molecular formula is C12H11N4. The molecule has 0 atom stereocenters. The van der Waals surface area contributed by atoms with E-state index in [0.717, 1.165) is 11.3 Å². The van der Waals surface area contributed by atoms with E-state index >= 15 is 0 Å². The van der Waals surface area contributed by atoms with Gasteiger partial charge in [-0.05, 0) is 18.2 Å². The highest BCUT2D eigenvalue weighted by molar-refractivity contribution is 5.60. The molecule has 0 unspecified atom stereocenters. The van der Waals surface area contributed by atoms with E-state index in [-0.39, 0.29) is 0 Å². The number of hydrogen-bond donors (Lipinski definition) is 1. The van der Waals surface area contributed by atoms with Gasteiger partial charge in [0.15, 0.2) is 0 Å². The highest BCUT2D eigenvalue weighted by Gasteiger charge is 2.03. The summed E-state index contributed by atoms with van der Waals surface area (Å²) in [5, 5.41) is 13.1. The van der Waals surface area contributed by atoms with Crippen LogP contribution in [0.3, 0.4) is 0 Å². The van der Waals surface area contributed by atoms with Crippen LogP contribution in [0.5, 0.6) is 0 Å². The van der Waals surface area contributed by atoms with Gasteiger partial charge in [-0.25, -0.2) is 0 Å². The summed E-state index contributed by atoms with van der Waals surface area (Å²) in [6.45, 7) is 1.19. The molecular weight excluding hydrogens is 200 g/mol. The van der Waals surface area contributed by atoms with Gasteiger partial charge in [0.1, 0.15) is 0 Å². The molecule has 0 amide bonds. The molecule has 1 radical (unpaired) electrons. The van der Waals surface area contributed by atoms with Crippen LogP contribution >= 0.6 is 0 Å². The van der Waals surface area contributed by atoms with Crippen LogP contribution in [-0.4, -0.2) is 16.3 Å². The van der Waals surface area contributed by atoms with Crippen molar-refractivity contribution in [3.63, 3.8) is 0 Å². The largest absolute Gasteiger partial charge is 0.329 e. The number of nitriles is 1. The Labute approximate surface area is 93.9 Å². The van der Waals surface area contributed by atoms with E-state index in [0.29, 0.717) is 18.7 Å². The number of benzene rings is 1. The van der Waals surface area contributed by atoms with Gasteiger partial charge in [0.25, 0.3) is 0 Å². The summed E-state index contributed by atoms with van der Waals surface area (Å²) in [6, 6.07) is 11.2. The molecule has 0 aliphatic carbocycles. The minimum absolute atomic E-state index is 0.538. The number of nitrogens with zero attached hydrogens (tertiary/aromatic N) is 3. The summed E-state index contributed by atoms with van der Waals surface area (Å²) in [6.07, 6.45) is 2.99. The van der Waals surface area contributed by atoms with Crippen molar-refractivity contribution >= 4 is 0 Å². The first-order valence-corrected chi connectivity index (χ1v) is 4.99. The zero-order valence-corrected chi connectivity index (χ0v) is 8.72. The van der Waals surface area contributed by atoms with E-state index in [2.05, 4.69) is 17.4 Å². The normalized spacial score (nSPS) is 10.0. The SMILES string of the molecule is N#Cc1cccc(-c2c[c]n(CCN)n2)c1. The van der Waals surface area contributed by atoms with Crippen molar-refractivity contribution in [3.8, 4) is 17.3 Å². The standard InChI is InChI=1S/C12H11N4/c13-5-7-16-6-4-12(15-16)11-3-1-2-10(8-11)9-14/h1-4,8H,5,7,13H2. The maximum atomic E-state index is 8.80. The summed E-state index contributed by atoms with van der Waals surface area (Å²) < 4.78 is 1.67. The molecule has 0 aliphatic heterocycles. The number of hydrogen-bond acceptors (Lipinski definition) is 3. The van der Waals surface area contributed by atoms with E-state index in [1.54, 1.807) is 16.8 Å². The molecule has 2 aromatic rings. The maximum absolute atomic E-state index is 8.80. The number of rotatable bonds is 3. The first-order chi connectivity index (χ1) is 7.83. The summed E-state index contributed by atoms with van der Waals surface area (Å²) in [7, 11) is 0. The molecule has 0 saturated carbocycles. The Kier molecular flexibility index (Phi) is 2.99. The Balaban J connectivity index is 2.32. The zero-order valence-electron chi connectivity index (χ0n) is 8.72. The third-order valence-corrected chi connectivity index (χ3v) is 2.21. The van der Waals surface area contributed by atoms with E-state index in [4.69, 9.17) is 11.0 Å². The average molecular weight is 211 g/mol. The van der Waals surface area contributed by atoms with Crippen molar-refractivity contribution in [3.05, 3.63) is 42.1 Å². The molecule has 4 nitrogen and oxygen atoms in total. The lowest BCUT2D eigenvalue weighted by Gasteiger charge is -1.98.